The molecular weight excluding hydrogens is 180 g/mol. The lowest BCUT2D eigenvalue weighted by Gasteiger charge is -2.04. The summed E-state index contributed by atoms with van der Waals surface area (Å²) in [5, 5.41) is 12.1. The van der Waals surface area contributed by atoms with Crippen molar-refractivity contribution in [2.75, 3.05) is 13.1 Å². The Morgan fingerprint density at radius 1 is 1.43 bits per heavy atom. The van der Waals surface area contributed by atoms with Crippen molar-refractivity contribution in [1.29, 1.82) is 0 Å². The number of hydrogen-bond donors (Lipinski definition) is 2. The van der Waals surface area contributed by atoms with Crippen molar-refractivity contribution >= 4 is 5.97 Å². The van der Waals surface area contributed by atoms with Crippen molar-refractivity contribution < 1.29 is 9.90 Å². The van der Waals surface area contributed by atoms with Crippen molar-refractivity contribution in [2.24, 2.45) is 0 Å². The minimum absolute atomic E-state index is 0.283. The summed E-state index contributed by atoms with van der Waals surface area (Å²) in [7, 11) is 0. The number of aromatic nitrogens is 1. The van der Waals surface area contributed by atoms with E-state index in [2.05, 4.69) is 10.3 Å². The van der Waals surface area contributed by atoms with E-state index in [0.29, 0.717) is 0 Å². The van der Waals surface area contributed by atoms with Crippen LogP contribution in [0.5, 0.6) is 0 Å². The second kappa shape index (κ2) is 3.75. The number of rotatable bonds is 1. The molecule has 2 rings (SSSR count). The van der Waals surface area contributed by atoms with Crippen LogP contribution in [-0.2, 0) is 12.8 Å². The predicted molar refractivity (Wildman–Crippen MR) is 51.5 cm³/mol. The summed E-state index contributed by atoms with van der Waals surface area (Å²) in [6.07, 6.45) is 3.19. The second-order valence-electron chi connectivity index (χ2n) is 3.38. The molecule has 0 radical (unpaired) electrons. The van der Waals surface area contributed by atoms with Gasteiger partial charge in [-0.15, -0.1) is 0 Å². The molecule has 0 unspecified atom stereocenters. The molecule has 1 aromatic rings. The molecule has 74 valence electrons. The molecule has 1 aliphatic rings. The molecule has 2 N–H and O–H groups in total. The van der Waals surface area contributed by atoms with Gasteiger partial charge in [-0.2, -0.15) is 0 Å². The average Bonchev–Trinajstić information content (AvgIpc) is 2.41. The molecule has 0 bridgehead atoms. The van der Waals surface area contributed by atoms with Gasteiger partial charge in [0.25, 0.3) is 0 Å². The number of carboxylic acids is 1. The standard InChI is InChI=1S/C10H12N2O2/c13-10(14)8-5-7-1-3-11-4-2-9(7)12-6-8/h5-6,11H,1-4H2,(H,13,14). The van der Waals surface area contributed by atoms with Crippen molar-refractivity contribution in [3.05, 3.63) is 29.1 Å². The van der Waals surface area contributed by atoms with Gasteiger partial charge in [0.05, 0.1) is 5.56 Å². The number of carbonyl (C=O) groups is 1. The quantitative estimate of drug-likeness (QED) is 0.679. The Balaban J connectivity index is 2.37. The average molecular weight is 192 g/mol. The summed E-state index contributed by atoms with van der Waals surface area (Å²) < 4.78 is 0. The van der Waals surface area contributed by atoms with E-state index in [9.17, 15) is 4.79 Å². The van der Waals surface area contributed by atoms with Crippen molar-refractivity contribution in [1.82, 2.24) is 10.3 Å². The fraction of sp³-hybridized carbons (Fsp3) is 0.400. The largest absolute Gasteiger partial charge is 0.478 e. The number of nitrogens with zero attached hydrogens (tertiary/aromatic N) is 1. The summed E-state index contributed by atoms with van der Waals surface area (Å²) in [5.41, 5.74) is 2.38. The van der Waals surface area contributed by atoms with Gasteiger partial charge < -0.3 is 10.4 Å². The molecule has 0 saturated heterocycles. The fourth-order valence-electron chi connectivity index (χ4n) is 1.65. The third kappa shape index (κ3) is 1.75. The van der Waals surface area contributed by atoms with Gasteiger partial charge in [0.2, 0.25) is 0 Å². The number of fused-ring (bicyclic) bond motifs is 1. The number of pyridine rings is 1. The maximum absolute atomic E-state index is 10.7. The van der Waals surface area contributed by atoms with Crippen LogP contribution in [0.25, 0.3) is 0 Å². The Labute approximate surface area is 82.0 Å². The summed E-state index contributed by atoms with van der Waals surface area (Å²) in [4.78, 5) is 14.9. The maximum Gasteiger partial charge on any atom is 0.337 e. The minimum atomic E-state index is -0.905. The van der Waals surface area contributed by atoms with Gasteiger partial charge in [-0.3, -0.25) is 4.98 Å². The zero-order valence-electron chi connectivity index (χ0n) is 7.79. The van der Waals surface area contributed by atoms with Crippen molar-refractivity contribution in [3.8, 4) is 0 Å². The lowest BCUT2D eigenvalue weighted by molar-refractivity contribution is 0.0696. The van der Waals surface area contributed by atoms with E-state index in [0.717, 1.165) is 37.2 Å². The van der Waals surface area contributed by atoms with Crippen LogP contribution in [-0.4, -0.2) is 29.1 Å². The SMILES string of the molecule is O=C(O)c1cnc2c(c1)CCNCC2. The molecular formula is C10H12N2O2. The Hall–Kier alpha value is -1.42. The first-order chi connectivity index (χ1) is 6.77. The molecule has 0 aromatic carbocycles. The van der Waals surface area contributed by atoms with Crippen LogP contribution in [0.1, 0.15) is 21.6 Å². The molecule has 0 fully saturated rings. The molecule has 0 saturated carbocycles. The first-order valence-electron chi connectivity index (χ1n) is 4.69. The van der Waals surface area contributed by atoms with Crippen LogP contribution in [0.2, 0.25) is 0 Å². The molecule has 4 heteroatoms. The summed E-state index contributed by atoms with van der Waals surface area (Å²) in [5.74, 6) is -0.905. The normalized spacial score (nSPS) is 15.7. The highest BCUT2D eigenvalue weighted by Crippen LogP contribution is 2.12. The van der Waals surface area contributed by atoms with E-state index in [4.69, 9.17) is 5.11 Å². The van der Waals surface area contributed by atoms with Gasteiger partial charge in [-0.1, -0.05) is 0 Å². The first kappa shape index (κ1) is 9.15. The minimum Gasteiger partial charge on any atom is -0.478 e. The molecule has 0 amide bonds. The second-order valence-corrected chi connectivity index (χ2v) is 3.38. The lowest BCUT2D eigenvalue weighted by atomic mass is 10.1. The monoisotopic (exact) mass is 192 g/mol. The zero-order valence-corrected chi connectivity index (χ0v) is 7.79. The van der Waals surface area contributed by atoms with Crippen LogP contribution < -0.4 is 5.32 Å². The molecule has 4 nitrogen and oxygen atoms in total. The smallest absolute Gasteiger partial charge is 0.337 e. The van der Waals surface area contributed by atoms with Gasteiger partial charge in [-0.05, 0) is 24.6 Å². The molecule has 1 aliphatic heterocycles. The Bertz CT molecular complexity index is 363. The molecule has 1 aromatic heterocycles. The van der Waals surface area contributed by atoms with E-state index in [-0.39, 0.29) is 5.56 Å². The molecule has 0 aliphatic carbocycles. The predicted octanol–water partition coefficient (Wildman–Crippen LogP) is 0.468. The van der Waals surface area contributed by atoms with Crippen molar-refractivity contribution in [2.45, 2.75) is 12.8 Å². The molecule has 14 heavy (non-hydrogen) atoms. The van der Waals surface area contributed by atoms with Gasteiger partial charge in [0, 0.05) is 24.9 Å². The Kier molecular flexibility index (Phi) is 2.45. The highest BCUT2D eigenvalue weighted by molar-refractivity contribution is 5.87. The third-order valence-electron chi connectivity index (χ3n) is 2.42. The number of nitrogens with one attached hydrogen (secondary N) is 1. The molecule has 0 atom stereocenters. The van der Waals surface area contributed by atoms with E-state index >= 15 is 0 Å². The first-order valence-corrected chi connectivity index (χ1v) is 4.69. The summed E-state index contributed by atoms with van der Waals surface area (Å²) in [6, 6.07) is 1.73. The zero-order chi connectivity index (χ0) is 9.97. The number of aromatic carboxylic acids is 1. The van der Waals surface area contributed by atoms with Gasteiger partial charge in [0.15, 0.2) is 0 Å². The molecule has 0 spiro atoms. The van der Waals surface area contributed by atoms with Gasteiger partial charge >= 0.3 is 5.97 Å². The van der Waals surface area contributed by atoms with Crippen molar-refractivity contribution in [3.63, 3.8) is 0 Å². The number of hydrogen-bond acceptors (Lipinski definition) is 3. The van der Waals surface area contributed by atoms with Crippen LogP contribution in [0.4, 0.5) is 0 Å². The Morgan fingerprint density at radius 2 is 2.21 bits per heavy atom. The summed E-state index contributed by atoms with van der Waals surface area (Å²) in [6.45, 7) is 1.82. The van der Waals surface area contributed by atoms with E-state index < -0.39 is 5.97 Å². The Morgan fingerprint density at radius 3 is 3.00 bits per heavy atom. The third-order valence-corrected chi connectivity index (χ3v) is 2.42. The topological polar surface area (TPSA) is 62.2 Å². The van der Waals surface area contributed by atoms with E-state index in [1.165, 1.54) is 6.20 Å². The van der Waals surface area contributed by atoms with Crippen LogP contribution in [0, 0.1) is 0 Å². The van der Waals surface area contributed by atoms with E-state index in [1.54, 1.807) is 6.07 Å². The highest BCUT2D eigenvalue weighted by Gasteiger charge is 2.11. The number of carboxylic acid groups (broad SMARTS) is 1. The highest BCUT2D eigenvalue weighted by atomic mass is 16.4. The van der Waals surface area contributed by atoms with E-state index in [1.807, 2.05) is 0 Å². The molecule has 2 heterocycles. The van der Waals surface area contributed by atoms with Gasteiger partial charge in [0.1, 0.15) is 0 Å². The van der Waals surface area contributed by atoms with Gasteiger partial charge in [-0.25, -0.2) is 4.79 Å². The maximum atomic E-state index is 10.7. The van der Waals surface area contributed by atoms with Crippen LogP contribution in [0.3, 0.4) is 0 Å². The lowest BCUT2D eigenvalue weighted by Crippen LogP contribution is -2.16. The summed E-state index contributed by atoms with van der Waals surface area (Å²) >= 11 is 0. The van der Waals surface area contributed by atoms with Crippen LogP contribution >= 0.6 is 0 Å². The fourth-order valence-corrected chi connectivity index (χ4v) is 1.65. The van der Waals surface area contributed by atoms with Crippen LogP contribution in [0.15, 0.2) is 12.3 Å².